The van der Waals surface area contributed by atoms with Crippen LogP contribution in [-0.2, 0) is 6.61 Å². The van der Waals surface area contributed by atoms with E-state index in [-0.39, 0.29) is 12.3 Å². The van der Waals surface area contributed by atoms with Crippen LogP contribution >= 0.6 is 22.9 Å². The van der Waals surface area contributed by atoms with Gasteiger partial charge in [-0.25, -0.2) is 4.98 Å². The maximum atomic E-state index is 11.4. The predicted octanol–water partition coefficient (Wildman–Crippen LogP) is 2.52. The number of halogens is 1. The number of rotatable bonds is 5. The Morgan fingerprint density at radius 2 is 2.33 bits per heavy atom. The molecule has 2 N–H and O–H groups in total. The number of nitrogens with two attached hydrogens (primary N) is 1. The number of carbonyl (C=O) groups is 1. The fraction of sp³-hybridized carbons (Fsp3) is 0.167. The van der Waals surface area contributed by atoms with Crippen molar-refractivity contribution >= 4 is 28.7 Å². The van der Waals surface area contributed by atoms with Crippen molar-refractivity contribution in [3.63, 3.8) is 0 Å². The van der Waals surface area contributed by atoms with Crippen LogP contribution in [0.1, 0.15) is 15.2 Å². The SMILES string of the molecule is NCC(=O)c1cccc(OCc2cnc(Cl)s2)c1. The summed E-state index contributed by atoms with van der Waals surface area (Å²) in [5.74, 6) is 0.514. The molecule has 0 aliphatic carbocycles. The van der Waals surface area contributed by atoms with E-state index in [1.54, 1.807) is 30.5 Å². The second kappa shape index (κ2) is 5.95. The molecule has 1 heterocycles. The van der Waals surface area contributed by atoms with E-state index >= 15 is 0 Å². The van der Waals surface area contributed by atoms with Crippen molar-refractivity contribution in [2.45, 2.75) is 6.61 Å². The Kier molecular flexibility index (Phi) is 4.30. The van der Waals surface area contributed by atoms with Gasteiger partial charge in [0.05, 0.1) is 11.4 Å². The highest BCUT2D eigenvalue weighted by molar-refractivity contribution is 7.15. The molecule has 0 radical (unpaired) electrons. The molecular weight excluding hydrogens is 272 g/mol. The average molecular weight is 283 g/mol. The Hall–Kier alpha value is -1.43. The molecular formula is C12H11ClN2O2S. The summed E-state index contributed by atoms with van der Waals surface area (Å²) in [4.78, 5) is 16.3. The normalized spacial score (nSPS) is 10.3. The number of ketones is 1. The van der Waals surface area contributed by atoms with Gasteiger partial charge in [-0.2, -0.15) is 0 Å². The molecule has 0 amide bonds. The van der Waals surface area contributed by atoms with Crippen LogP contribution in [0.15, 0.2) is 30.5 Å². The first kappa shape index (κ1) is 13.0. The van der Waals surface area contributed by atoms with Crippen LogP contribution < -0.4 is 10.5 Å². The molecule has 2 rings (SSSR count). The molecule has 1 aromatic heterocycles. The highest BCUT2D eigenvalue weighted by atomic mass is 35.5. The van der Waals surface area contributed by atoms with Gasteiger partial charge in [0, 0.05) is 11.8 Å². The van der Waals surface area contributed by atoms with Crippen molar-refractivity contribution in [3.8, 4) is 5.75 Å². The Balaban J connectivity index is 2.03. The second-order valence-corrected chi connectivity index (χ2v) is 5.22. The van der Waals surface area contributed by atoms with E-state index in [0.29, 0.717) is 22.4 Å². The molecule has 0 saturated heterocycles. The maximum absolute atomic E-state index is 11.4. The molecule has 1 aromatic carbocycles. The average Bonchev–Trinajstić information content (AvgIpc) is 2.81. The van der Waals surface area contributed by atoms with Gasteiger partial charge in [-0.15, -0.1) is 11.3 Å². The van der Waals surface area contributed by atoms with Gasteiger partial charge in [0.25, 0.3) is 0 Å². The Bertz CT molecular complexity index is 557. The number of aromatic nitrogens is 1. The third-order valence-electron chi connectivity index (χ3n) is 2.25. The monoisotopic (exact) mass is 282 g/mol. The van der Waals surface area contributed by atoms with Gasteiger partial charge < -0.3 is 10.5 Å². The summed E-state index contributed by atoms with van der Waals surface area (Å²) in [5, 5.41) is 0. The van der Waals surface area contributed by atoms with E-state index < -0.39 is 0 Å². The number of carbonyl (C=O) groups excluding carboxylic acids is 1. The Morgan fingerprint density at radius 3 is 3.00 bits per heavy atom. The van der Waals surface area contributed by atoms with E-state index in [1.807, 2.05) is 0 Å². The second-order valence-electron chi connectivity index (χ2n) is 3.52. The summed E-state index contributed by atoms with van der Waals surface area (Å²) < 4.78 is 6.05. The van der Waals surface area contributed by atoms with E-state index in [1.165, 1.54) is 11.3 Å². The Morgan fingerprint density at radius 1 is 1.50 bits per heavy atom. The first-order chi connectivity index (χ1) is 8.69. The molecule has 18 heavy (non-hydrogen) atoms. The van der Waals surface area contributed by atoms with Crippen LogP contribution in [0.25, 0.3) is 0 Å². The smallest absolute Gasteiger partial charge is 0.183 e. The number of nitrogens with zero attached hydrogens (tertiary/aromatic N) is 1. The van der Waals surface area contributed by atoms with Gasteiger partial charge in [-0.3, -0.25) is 4.79 Å². The number of ether oxygens (including phenoxy) is 1. The zero-order valence-electron chi connectivity index (χ0n) is 9.43. The molecule has 0 unspecified atom stereocenters. The van der Waals surface area contributed by atoms with E-state index in [2.05, 4.69) is 4.98 Å². The molecule has 4 nitrogen and oxygen atoms in total. The van der Waals surface area contributed by atoms with E-state index in [0.717, 1.165) is 4.88 Å². The number of Topliss-reactive ketones (excluding diaryl/α,β-unsaturated/α-hetero) is 1. The minimum absolute atomic E-state index is 0.00605. The van der Waals surface area contributed by atoms with E-state index in [4.69, 9.17) is 22.1 Å². The quantitative estimate of drug-likeness (QED) is 0.856. The molecule has 0 saturated carbocycles. The minimum atomic E-state index is -0.110. The highest BCUT2D eigenvalue weighted by Gasteiger charge is 2.05. The molecule has 0 aliphatic heterocycles. The van der Waals surface area contributed by atoms with Crippen LogP contribution in [0.4, 0.5) is 0 Å². The van der Waals surface area contributed by atoms with Crippen molar-refractivity contribution in [2.24, 2.45) is 5.73 Å². The van der Waals surface area contributed by atoms with Crippen LogP contribution in [0.5, 0.6) is 5.75 Å². The lowest BCUT2D eigenvalue weighted by molar-refractivity contribution is 0.100. The van der Waals surface area contributed by atoms with Crippen LogP contribution in [0, 0.1) is 0 Å². The van der Waals surface area contributed by atoms with Gasteiger partial charge in [-0.1, -0.05) is 23.7 Å². The summed E-state index contributed by atoms with van der Waals surface area (Å²) in [6, 6.07) is 6.94. The molecule has 94 valence electrons. The third kappa shape index (κ3) is 3.29. The number of benzene rings is 1. The largest absolute Gasteiger partial charge is 0.488 e. The molecule has 6 heteroatoms. The van der Waals surface area contributed by atoms with Gasteiger partial charge in [-0.05, 0) is 12.1 Å². The van der Waals surface area contributed by atoms with Gasteiger partial charge in [0.2, 0.25) is 0 Å². The summed E-state index contributed by atoms with van der Waals surface area (Å²) in [6.07, 6.45) is 1.67. The highest BCUT2D eigenvalue weighted by Crippen LogP contribution is 2.20. The van der Waals surface area contributed by atoms with E-state index in [9.17, 15) is 4.79 Å². The number of hydrogen-bond donors (Lipinski definition) is 1. The molecule has 0 atom stereocenters. The van der Waals surface area contributed by atoms with Crippen molar-refractivity contribution < 1.29 is 9.53 Å². The lowest BCUT2D eigenvalue weighted by Crippen LogP contribution is -2.13. The first-order valence-corrected chi connectivity index (χ1v) is 6.45. The number of thiazole rings is 1. The standard InChI is InChI=1S/C12H11ClN2O2S/c13-12-15-6-10(18-12)7-17-9-3-1-2-8(4-9)11(16)5-14/h1-4,6H,5,7,14H2. The zero-order chi connectivity index (χ0) is 13.0. The van der Waals surface area contributed by atoms with Crippen molar-refractivity contribution in [1.82, 2.24) is 4.98 Å². The zero-order valence-corrected chi connectivity index (χ0v) is 11.0. The van der Waals surface area contributed by atoms with Crippen LogP contribution in [0.3, 0.4) is 0 Å². The summed E-state index contributed by atoms with van der Waals surface area (Å²) >= 11 is 7.09. The van der Waals surface area contributed by atoms with Crippen LogP contribution in [0.2, 0.25) is 4.47 Å². The van der Waals surface area contributed by atoms with Gasteiger partial charge in [0.1, 0.15) is 12.4 Å². The molecule has 2 aromatic rings. The Labute approximate surface area is 113 Å². The summed E-state index contributed by atoms with van der Waals surface area (Å²) in [7, 11) is 0. The van der Waals surface area contributed by atoms with Gasteiger partial charge >= 0.3 is 0 Å². The molecule has 0 spiro atoms. The fourth-order valence-electron chi connectivity index (χ4n) is 1.38. The predicted molar refractivity (Wildman–Crippen MR) is 71.3 cm³/mol. The third-order valence-corrected chi connectivity index (χ3v) is 3.34. The number of hydrogen-bond acceptors (Lipinski definition) is 5. The first-order valence-electron chi connectivity index (χ1n) is 5.25. The lowest BCUT2D eigenvalue weighted by atomic mass is 10.1. The maximum Gasteiger partial charge on any atom is 0.183 e. The topological polar surface area (TPSA) is 65.2 Å². The van der Waals surface area contributed by atoms with Crippen molar-refractivity contribution in [3.05, 3.63) is 45.4 Å². The summed E-state index contributed by atoms with van der Waals surface area (Å²) in [6.45, 7) is 0.374. The van der Waals surface area contributed by atoms with Gasteiger partial charge in [0.15, 0.2) is 10.3 Å². The summed E-state index contributed by atoms with van der Waals surface area (Å²) in [5.41, 5.74) is 5.86. The molecule has 0 bridgehead atoms. The molecule has 0 fully saturated rings. The molecule has 0 aliphatic rings. The van der Waals surface area contributed by atoms with Crippen molar-refractivity contribution in [1.29, 1.82) is 0 Å². The fourth-order valence-corrected chi connectivity index (χ4v) is 2.27. The lowest BCUT2D eigenvalue weighted by Gasteiger charge is -2.05. The minimum Gasteiger partial charge on any atom is -0.488 e. The van der Waals surface area contributed by atoms with Crippen molar-refractivity contribution in [2.75, 3.05) is 6.54 Å². The van der Waals surface area contributed by atoms with Crippen LogP contribution in [-0.4, -0.2) is 17.3 Å².